The standard InChI is InChI=1S/C20H38N10O5/c1-11(28-16(32)12(21)5-2-8-26-19(22)23)15(31)29-13(6-3-9-27-20(24)25)17(33)30-10-4-7-14(30)18(34)35/h11-14H,2-10,21H2,1H3,(H,28,32)(H,29,31)(H,34,35)(H4,22,23,26)(H4,24,25,27). The fourth-order valence-electron chi connectivity index (χ4n) is 3.58. The number of guanidine groups is 2. The molecule has 1 aliphatic heterocycles. The molecule has 1 saturated heterocycles. The van der Waals surface area contributed by atoms with E-state index in [1.165, 1.54) is 11.8 Å². The van der Waals surface area contributed by atoms with E-state index in [2.05, 4.69) is 20.6 Å². The van der Waals surface area contributed by atoms with Gasteiger partial charge in [0.1, 0.15) is 18.1 Å². The van der Waals surface area contributed by atoms with Gasteiger partial charge in [0.05, 0.1) is 6.04 Å². The number of amides is 3. The molecule has 13 N–H and O–H groups in total. The smallest absolute Gasteiger partial charge is 0.326 e. The van der Waals surface area contributed by atoms with Crippen LogP contribution in [0.1, 0.15) is 45.4 Å². The van der Waals surface area contributed by atoms with Gasteiger partial charge in [0, 0.05) is 19.6 Å². The molecule has 0 aromatic rings. The average molecular weight is 499 g/mol. The third-order valence-corrected chi connectivity index (χ3v) is 5.44. The van der Waals surface area contributed by atoms with E-state index in [9.17, 15) is 24.3 Å². The number of aliphatic carboxylic acids is 1. The van der Waals surface area contributed by atoms with Crippen LogP contribution < -0.4 is 39.3 Å². The zero-order chi connectivity index (χ0) is 26.5. The van der Waals surface area contributed by atoms with Crippen molar-refractivity contribution in [2.75, 3.05) is 19.6 Å². The molecule has 1 fully saturated rings. The van der Waals surface area contributed by atoms with E-state index in [0.29, 0.717) is 38.6 Å². The van der Waals surface area contributed by atoms with E-state index in [-0.39, 0.29) is 31.4 Å². The maximum absolute atomic E-state index is 13.1. The summed E-state index contributed by atoms with van der Waals surface area (Å²) in [5.41, 5.74) is 27.0. The molecular formula is C20H38N10O5. The van der Waals surface area contributed by atoms with E-state index in [4.69, 9.17) is 28.7 Å². The van der Waals surface area contributed by atoms with Crippen LogP contribution in [0.2, 0.25) is 0 Å². The van der Waals surface area contributed by atoms with Crippen LogP contribution in [-0.4, -0.2) is 89.4 Å². The number of carbonyl (C=O) groups is 4. The number of nitrogens with two attached hydrogens (primary N) is 5. The van der Waals surface area contributed by atoms with Gasteiger partial charge in [-0.3, -0.25) is 24.4 Å². The van der Waals surface area contributed by atoms with Gasteiger partial charge in [0.2, 0.25) is 17.7 Å². The van der Waals surface area contributed by atoms with Crippen molar-refractivity contribution in [2.24, 2.45) is 38.7 Å². The number of nitrogens with zero attached hydrogens (tertiary/aromatic N) is 3. The molecule has 4 unspecified atom stereocenters. The Morgan fingerprint density at radius 3 is 2.09 bits per heavy atom. The maximum Gasteiger partial charge on any atom is 0.326 e. The third-order valence-electron chi connectivity index (χ3n) is 5.44. The first kappa shape index (κ1) is 29.4. The van der Waals surface area contributed by atoms with Gasteiger partial charge in [0.25, 0.3) is 0 Å². The second-order valence-corrected chi connectivity index (χ2v) is 8.32. The van der Waals surface area contributed by atoms with Crippen molar-refractivity contribution in [3.8, 4) is 0 Å². The highest BCUT2D eigenvalue weighted by molar-refractivity contribution is 5.94. The molecule has 0 aliphatic carbocycles. The highest BCUT2D eigenvalue weighted by atomic mass is 16.4. The number of rotatable bonds is 14. The van der Waals surface area contributed by atoms with Crippen LogP contribution in [0.5, 0.6) is 0 Å². The number of hydrogen-bond acceptors (Lipinski definition) is 7. The number of aliphatic imine (C=N–C) groups is 2. The molecule has 0 aromatic heterocycles. The summed E-state index contributed by atoms with van der Waals surface area (Å²) in [4.78, 5) is 58.6. The molecule has 198 valence electrons. The third kappa shape index (κ3) is 10.5. The van der Waals surface area contributed by atoms with Gasteiger partial charge < -0.3 is 49.3 Å². The fourth-order valence-corrected chi connectivity index (χ4v) is 3.58. The number of nitrogens with one attached hydrogen (secondary N) is 2. The maximum atomic E-state index is 13.1. The van der Waals surface area contributed by atoms with Crippen molar-refractivity contribution >= 4 is 35.6 Å². The highest BCUT2D eigenvalue weighted by Gasteiger charge is 2.37. The second kappa shape index (κ2) is 14.6. The van der Waals surface area contributed by atoms with Crippen molar-refractivity contribution < 1.29 is 24.3 Å². The first-order valence-electron chi connectivity index (χ1n) is 11.4. The van der Waals surface area contributed by atoms with Crippen LogP contribution in [-0.2, 0) is 19.2 Å². The van der Waals surface area contributed by atoms with Gasteiger partial charge >= 0.3 is 5.97 Å². The van der Waals surface area contributed by atoms with Gasteiger partial charge in [-0.1, -0.05) is 0 Å². The lowest BCUT2D eigenvalue weighted by Crippen LogP contribution is -2.56. The Hall–Kier alpha value is -3.62. The molecule has 3 amide bonds. The number of carbonyl (C=O) groups excluding carboxylic acids is 3. The van der Waals surface area contributed by atoms with Crippen LogP contribution >= 0.6 is 0 Å². The lowest BCUT2D eigenvalue weighted by molar-refractivity contribution is -0.149. The first-order valence-corrected chi connectivity index (χ1v) is 11.4. The van der Waals surface area contributed by atoms with E-state index in [1.54, 1.807) is 0 Å². The van der Waals surface area contributed by atoms with Crippen LogP contribution in [0.25, 0.3) is 0 Å². The van der Waals surface area contributed by atoms with E-state index in [1.807, 2.05) is 0 Å². The minimum absolute atomic E-state index is 0.0562. The van der Waals surface area contributed by atoms with Gasteiger partial charge in [-0.25, -0.2) is 4.79 Å². The predicted octanol–water partition coefficient (Wildman–Crippen LogP) is -3.51. The fraction of sp³-hybridized carbons (Fsp3) is 0.700. The Labute approximate surface area is 203 Å². The monoisotopic (exact) mass is 498 g/mol. The SMILES string of the molecule is CC(NC(=O)C(N)CCCN=C(N)N)C(=O)NC(CCCN=C(N)N)C(=O)N1CCCC1C(=O)O. The van der Waals surface area contributed by atoms with Crippen LogP contribution in [0.15, 0.2) is 9.98 Å². The molecule has 0 aromatic carbocycles. The Kier molecular flexibility index (Phi) is 12.3. The Bertz CT molecular complexity index is 810. The summed E-state index contributed by atoms with van der Waals surface area (Å²) in [6.45, 7) is 2.27. The molecule has 0 radical (unpaired) electrons. The van der Waals surface area contributed by atoms with Crippen LogP contribution in [0.4, 0.5) is 0 Å². The zero-order valence-electron chi connectivity index (χ0n) is 20.0. The molecule has 0 bridgehead atoms. The second-order valence-electron chi connectivity index (χ2n) is 8.32. The normalized spacial score (nSPS) is 17.5. The molecule has 0 spiro atoms. The molecular weight excluding hydrogens is 460 g/mol. The number of hydrogen-bond donors (Lipinski definition) is 8. The lowest BCUT2D eigenvalue weighted by atomic mass is 10.1. The molecule has 35 heavy (non-hydrogen) atoms. The minimum atomic E-state index is -1.10. The van der Waals surface area contributed by atoms with E-state index >= 15 is 0 Å². The summed E-state index contributed by atoms with van der Waals surface area (Å²) in [6.07, 6.45) is 2.19. The molecule has 0 saturated carbocycles. The first-order chi connectivity index (χ1) is 16.4. The molecule has 1 rings (SSSR count). The average Bonchev–Trinajstić information content (AvgIpc) is 3.27. The zero-order valence-corrected chi connectivity index (χ0v) is 20.0. The number of carboxylic acid groups (broad SMARTS) is 1. The number of carboxylic acids is 1. The van der Waals surface area contributed by atoms with E-state index in [0.717, 1.165) is 0 Å². The summed E-state index contributed by atoms with van der Waals surface area (Å²) in [5, 5.41) is 14.5. The molecule has 1 aliphatic rings. The Morgan fingerprint density at radius 2 is 1.54 bits per heavy atom. The summed E-state index contributed by atoms with van der Waals surface area (Å²) in [7, 11) is 0. The van der Waals surface area contributed by atoms with Crippen LogP contribution in [0, 0.1) is 0 Å². The Morgan fingerprint density at radius 1 is 0.971 bits per heavy atom. The number of likely N-dealkylation sites (tertiary alicyclic amines) is 1. The van der Waals surface area contributed by atoms with Gasteiger partial charge in [-0.15, -0.1) is 0 Å². The molecule has 4 atom stereocenters. The topological polar surface area (TPSA) is 271 Å². The molecule has 1 heterocycles. The van der Waals surface area contributed by atoms with Crippen LogP contribution in [0.3, 0.4) is 0 Å². The summed E-state index contributed by atoms with van der Waals surface area (Å²) in [6, 6.07) is -3.83. The lowest BCUT2D eigenvalue weighted by Gasteiger charge is -2.28. The summed E-state index contributed by atoms with van der Waals surface area (Å²) >= 11 is 0. The quantitative estimate of drug-likeness (QED) is 0.0664. The predicted molar refractivity (Wildman–Crippen MR) is 130 cm³/mol. The van der Waals surface area contributed by atoms with Gasteiger partial charge in [-0.05, 0) is 45.4 Å². The highest BCUT2D eigenvalue weighted by Crippen LogP contribution is 2.19. The summed E-state index contributed by atoms with van der Waals surface area (Å²) < 4.78 is 0. The van der Waals surface area contributed by atoms with Crippen molar-refractivity contribution in [2.45, 2.75) is 69.6 Å². The largest absolute Gasteiger partial charge is 0.480 e. The molecule has 15 heteroatoms. The Balaban J connectivity index is 2.76. The van der Waals surface area contributed by atoms with Gasteiger partial charge in [0.15, 0.2) is 11.9 Å². The van der Waals surface area contributed by atoms with Gasteiger partial charge in [-0.2, -0.15) is 0 Å². The van der Waals surface area contributed by atoms with Crippen molar-refractivity contribution in [1.29, 1.82) is 0 Å². The minimum Gasteiger partial charge on any atom is -0.480 e. The van der Waals surface area contributed by atoms with Crippen molar-refractivity contribution in [3.05, 3.63) is 0 Å². The molecule has 15 nitrogen and oxygen atoms in total. The van der Waals surface area contributed by atoms with Crippen molar-refractivity contribution in [1.82, 2.24) is 15.5 Å². The van der Waals surface area contributed by atoms with Crippen molar-refractivity contribution in [3.63, 3.8) is 0 Å². The summed E-state index contributed by atoms with van der Waals surface area (Å²) in [5.74, 6) is -2.93. The van der Waals surface area contributed by atoms with E-state index < -0.39 is 47.9 Å².